The molecule has 0 aliphatic carbocycles. The average molecular weight is 335 g/mol. The van der Waals surface area contributed by atoms with Crippen molar-refractivity contribution >= 4 is 5.91 Å². The van der Waals surface area contributed by atoms with Crippen molar-refractivity contribution in [2.45, 2.75) is 25.8 Å². The molecule has 0 spiro atoms. The summed E-state index contributed by atoms with van der Waals surface area (Å²) in [5.41, 5.74) is 2.08. The molecule has 0 atom stereocenters. The molecule has 0 saturated carbocycles. The van der Waals surface area contributed by atoms with Crippen LogP contribution in [0, 0.1) is 0 Å². The third-order valence-corrected chi connectivity index (χ3v) is 4.59. The largest absolute Gasteiger partial charge is 0.343 e. The van der Waals surface area contributed by atoms with Crippen LogP contribution < -0.4 is 0 Å². The first kappa shape index (κ1) is 15.6. The van der Waals surface area contributed by atoms with Gasteiger partial charge in [0.05, 0.1) is 5.69 Å². The Labute approximate surface area is 146 Å². The Balaban J connectivity index is 1.48. The normalized spacial score (nSPS) is 14.4. The zero-order valence-electron chi connectivity index (χ0n) is 14.1. The quantitative estimate of drug-likeness (QED) is 0.696. The van der Waals surface area contributed by atoms with Crippen molar-refractivity contribution in [3.63, 3.8) is 0 Å². The van der Waals surface area contributed by atoms with Crippen LogP contribution in [0.25, 0.3) is 17.1 Å². The van der Waals surface area contributed by atoms with Gasteiger partial charge < -0.3 is 9.47 Å². The molecule has 1 aliphatic rings. The molecule has 1 aliphatic heterocycles. The number of hydrogen-bond acceptors (Lipinski definition) is 3. The lowest BCUT2D eigenvalue weighted by Gasteiger charge is -2.16. The lowest BCUT2D eigenvalue weighted by molar-refractivity contribution is -0.127. The van der Waals surface area contributed by atoms with Crippen LogP contribution in [0.3, 0.4) is 0 Å². The van der Waals surface area contributed by atoms with Crippen LogP contribution in [0.5, 0.6) is 0 Å². The maximum Gasteiger partial charge on any atom is 0.222 e. The van der Waals surface area contributed by atoms with Gasteiger partial charge in [0.25, 0.3) is 0 Å². The van der Waals surface area contributed by atoms with Crippen molar-refractivity contribution in [2.75, 3.05) is 13.1 Å². The minimum atomic E-state index is 0.290. The van der Waals surface area contributed by atoms with Crippen molar-refractivity contribution in [2.24, 2.45) is 0 Å². The second-order valence-corrected chi connectivity index (χ2v) is 6.28. The molecule has 1 fully saturated rings. The van der Waals surface area contributed by atoms with E-state index in [-0.39, 0.29) is 5.91 Å². The molecule has 2 aromatic heterocycles. The third-order valence-electron chi connectivity index (χ3n) is 4.59. The maximum atomic E-state index is 11.7. The Kier molecular flexibility index (Phi) is 4.33. The zero-order chi connectivity index (χ0) is 17.1. The highest BCUT2D eigenvalue weighted by Crippen LogP contribution is 2.21. The van der Waals surface area contributed by atoms with Crippen LogP contribution in [0.15, 0.2) is 55.1 Å². The SMILES string of the molecule is O=C1CCCN1CCCn1ccnc1-c1cccc(-n2cccn2)c1. The van der Waals surface area contributed by atoms with E-state index in [1.807, 2.05) is 46.4 Å². The summed E-state index contributed by atoms with van der Waals surface area (Å²) in [4.78, 5) is 18.2. The first-order chi connectivity index (χ1) is 12.3. The first-order valence-electron chi connectivity index (χ1n) is 8.70. The Bertz CT molecular complexity index is 852. The van der Waals surface area contributed by atoms with Gasteiger partial charge in [0.1, 0.15) is 5.82 Å². The number of nitrogens with zero attached hydrogens (tertiary/aromatic N) is 5. The van der Waals surface area contributed by atoms with Crippen LogP contribution in [0.2, 0.25) is 0 Å². The molecule has 0 bridgehead atoms. The van der Waals surface area contributed by atoms with Gasteiger partial charge in [0, 0.05) is 56.4 Å². The van der Waals surface area contributed by atoms with Crippen molar-refractivity contribution < 1.29 is 4.79 Å². The van der Waals surface area contributed by atoms with Crippen LogP contribution in [-0.4, -0.2) is 43.2 Å². The maximum absolute atomic E-state index is 11.7. The molecule has 6 nitrogen and oxygen atoms in total. The number of aryl methyl sites for hydroxylation is 1. The highest BCUT2D eigenvalue weighted by molar-refractivity contribution is 5.78. The second kappa shape index (κ2) is 6.93. The van der Waals surface area contributed by atoms with Gasteiger partial charge in [-0.3, -0.25) is 4.79 Å². The lowest BCUT2D eigenvalue weighted by Crippen LogP contribution is -2.26. The van der Waals surface area contributed by atoms with Gasteiger partial charge in [0.15, 0.2) is 0 Å². The number of aromatic nitrogens is 4. The van der Waals surface area contributed by atoms with Gasteiger partial charge in [-0.25, -0.2) is 9.67 Å². The first-order valence-corrected chi connectivity index (χ1v) is 8.70. The molecule has 25 heavy (non-hydrogen) atoms. The predicted octanol–water partition coefficient (Wildman–Crippen LogP) is 2.75. The number of rotatable bonds is 6. The summed E-state index contributed by atoms with van der Waals surface area (Å²) in [6, 6.07) is 10.1. The summed E-state index contributed by atoms with van der Waals surface area (Å²) in [6.45, 7) is 2.58. The van der Waals surface area contributed by atoms with Crippen molar-refractivity contribution in [3.05, 3.63) is 55.1 Å². The molecular weight excluding hydrogens is 314 g/mol. The number of carbonyl (C=O) groups excluding carboxylic acids is 1. The minimum Gasteiger partial charge on any atom is -0.343 e. The molecule has 1 aromatic carbocycles. The Hall–Kier alpha value is -2.89. The van der Waals surface area contributed by atoms with E-state index in [9.17, 15) is 4.79 Å². The zero-order valence-corrected chi connectivity index (χ0v) is 14.1. The molecule has 1 amide bonds. The Morgan fingerprint density at radius 1 is 1.08 bits per heavy atom. The van der Waals surface area contributed by atoms with E-state index in [4.69, 9.17) is 0 Å². The van der Waals surface area contributed by atoms with Gasteiger partial charge in [-0.1, -0.05) is 12.1 Å². The lowest BCUT2D eigenvalue weighted by atomic mass is 10.2. The molecule has 6 heteroatoms. The van der Waals surface area contributed by atoms with E-state index >= 15 is 0 Å². The molecule has 3 aromatic rings. The predicted molar refractivity (Wildman–Crippen MR) is 95.2 cm³/mol. The molecule has 3 heterocycles. The summed E-state index contributed by atoms with van der Waals surface area (Å²) in [7, 11) is 0. The summed E-state index contributed by atoms with van der Waals surface area (Å²) in [5, 5.41) is 4.28. The van der Waals surface area contributed by atoms with Crippen LogP contribution in [0.1, 0.15) is 19.3 Å². The summed E-state index contributed by atoms with van der Waals surface area (Å²) in [6.07, 6.45) is 10.2. The molecule has 1 saturated heterocycles. The van der Waals surface area contributed by atoms with E-state index in [0.717, 1.165) is 49.6 Å². The van der Waals surface area contributed by atoms with Gasteiger partial charge in [-0.2, -0.15) is 5.10 Å². The fraction of sp³-hybridized carbons (Fsp3) is 0.316. The second-order valence-electron chi connectivity index (χ2n) is 6.28. The van der Waals surface area contributed by atoms with Crippen LogP contribution in [-0.2, 0) is 11.3 Å². The topological polar surface area (TPSA) is 56.0 Å². The fourth-order valence-corrected chi connectivity index (χ4v) is 3.33. The Morgan fingerprint density at radius 3 is 2.84 bits per heavy atom. The standard InChI is InChI=1S/C19H21N5O/c25-18-7-2-10-22(18)11-4-12-23-14-9-20-19(23)16-5-1-6-17(15-16)24-13-3-8-21-24/h1,3,5-6,8-9,13-15H,2,4,7,10-12H2. The number of amides is 1. The van der Waals surface area contributed by atoms with E-state index in [1.54, 1.807) is 6.20 Å². The number of carbonyl (C=O) groups is 1. The van der Waals surface area contributed by atoms with Crippen molar-refractivity contribution in [1.82, 2.24) is 24.2 Å². The van der Waals surface area contributed by atoms with E-state index < -0.39 is 0 Å². The summed E-state index contributed by atoms with van der Waals surface area (Å²) in [5.74, 6) is 1.24. The molecule has 0 N–H and O–H groups in total. The molecule has 128 valence electrons. The van der Waals surface area contributed by atoms with E-state index in [0.29, 0.717) is 6.42 Å². The van der Waals surface area contributed by atoms with Crippen molar-refractivity contribution in [3.8, 4) is 17.1 Å². The number of likely N-dealkylation sites (tertiary alicyclic amines) is 1. The minimum absolute atomic E-state index is 0.290. The van der Waals surface area contributed by atoms with Gasteiger partial charge >= 0.3 is 0 Å². The van der Waals surface area contributed by atoms with Gasteiger partial charge in [-0.05, 0) is 31.0 Å². The monoisotopic (exact) mass is 335 g/mol. The summed E-state index contributed by atoms with van der Waals surface area (Å²) >= 11 is 0. The highest BCUT2D eigenvalue weighted by atomic mass is 16.2. The highest BCUT2D eigenvalue weighted by Gasteiger charge is 2.19. The molecule has 0 radical (unpaired) electrons. The molecule has 4 rings (SSSR count). The van der Waals surface area contributed by atoms with Crippen molar-refractivity contribution in [1.29, 1.82) is 0 Å². The van der Waals surface area contributed by atoms with Crippen LogP contribution >= 0.6 is 0 Å². The van der Waals surface area contributed by atoms with E-state index in [1.165, 1.54) is 0 Å². The van der Waals surface area contributed by atoms with Gasteiger partial charge in [-0.15, -0.1) is 0 Å². The summed E-state index contributed by atoms with van der Waals surface area (Å²) < 4.78 is 4.00. The molecule has 0 unspecified atom stereocenters. The fourth-order valence-electron chi connectivity index (χ4n) is 3.33. The number of imidazole rings is 1. The smallest absolute Gasteiger partial charge is 0.222 e. The van der Waals surface area contributed by atoms with E-state index in [2.05, 4.69) is 26.8 Å². The van der Waals surface area contributed by atoms with Gasteiger partial charge in [0.2, 0.25) is 5.91 Å². The number of hydrogen-bond donors (Lipinski definition) is 0. The van der Waals surface area contributed by atoms with Crippen LogP contribution in [0.4, 0.5) is 0 Å². The third kappa shape index (κ3) is 3.33. The molecular formula is C19H21N5O. The Morgan fingerprint density at radius 2 is 2.04 bits per heavy atom. The number of benzene rings is 1. The average Bonchev–Trinajstić information content (AvgIpc) is 3.37.